The number of carbonyl (C=O) groups is 2. The van der Waals surface area contributed by atoms with Gasteiger partial charge < -0.3 is 9.64 Å². The van der Waals surface area contributed by atoms with Crippen molar-refractivity contribution in [3.8, 4) is 0 Å². The monoisotopic (exact) mass is 289 g/mol. The number of ketones is 1. The second-order valence-corrected chi connectivity index (χ2v) is 5.85. The fourth-order valence-electron chi connectivity index (χ4n) is 2.64. The summed E-state index contributed by atoms with van der Waals surface area (Å²) in [6.45, 7) is 7.14. The molecule has 0 saturated carbocycles. The molecule has 2 atom stereocenters. The number of ether oxygens (including phenoxy) is 1. The lowest BCUT2D eigenvalue weighted by Crippen LogP contribution is -2.48. The van der Waals surface area contributed by atoms with E-state index in [-0.39, 0.29) is 36.7 Å². The molecule has 0 radical (unpaired) electrons. The minimum absolute atomic E-state index is 0.0257. The first-order valence-electron chi connectivity index (χ1n) is 7.49. The molecular weight excluding hydrogens is 266 g/mol. The van der Waals surface area contributed by atoms with Crippen LogP contribution in [-0.4, -0.2) is 41.9 Å². The molecule has 0 aromatic heterocycles. The first-order valence-corrected chi connectivity index (χ1v) is 7.49. The van der Waals surface area contributed by atoms with E-state index in [4.69, 9.17) is 4.74 Å². The lowest BCUT2D eigenvalue weighted by atomic mass is 10.0. The van der Waals surface area contributed by atoms with E-state index in [9.17, 15) is 9.59 Å². The number of Topliss-reactive ketones (excluding diaryl/α,β-unsaturated/α-hetero) is 1. The SMILES string of the molecule is Cc1ccc(C(=O)CCC(=O)N2C[C@@H](C)O[C@H](C)C2)cc1. The van der Waals surface area contributed by atoms with Crippen LogP contribution in [0.5, 0.6) is 0 Å². The zero-order valence-electron chi connectivity index (χ0n) is 13.0. The van der Waals surface area contributed by atoms with E-state index >= 15 is 0 Å². The maximum absolute atomic E-state index is 12.2. The first-order chi connectivity index (χ1) is 9.95. The van der Waals surface area contributed by atoms with Gasteiger partial charge in [0, 0.05) is 31.5 Å². The zero-order chi connectivity index (χ0) is 15.4. The highest BCUT2D eigenvalue weighted by molar-refractivity contribution is 5.97. The molecule has 0 aliphatic carbocycles. The van der Waals surface area contributed by atoms with Crippen molar-refractivity contribution in [3.63, 3.8) is 0 Å². The highest BCUT2D eigenvalue weighted by atomic mass is 16.5. The average molecular weight is 289 g/mol. The molecule has 0 N–H and O–H groups in total. The van der Waals surface area contributed by atoms with Gasteiger partial charge in [-0.25, -0.2) is 0 Å². The summed E-state index contributed by atoms with van der Waals surface area (Å²) in [4.78, 5) is 26.1. The van der Waals surface area contributed by atoms with Gasteiger partial charge in [0.2, 0.25) is 5.91 Å². The molecule has 4 heteroatoms. The van der Waals surface area contributed by atoms with E-state index in [0.29, 0.717) is 18.7 Å². The quantitative estimate of drug-likeness (QED) is 0.800. The molecule has 2 rings (SSSR count). The van der Waals surface area contributed by atoms with E-state index in [0.717, 1.165) is 5.56 Å². The van der Waals surface area contributed by atoms with Crippen LogP contribution in [0.3, 0.4) is 0 Å². The number of benzene rings is 1. The van der Waals surface area contributed by atoms with Crippen molar-refractivity contribution >= 4 is 11.7 Å². The third kappa shape index (κ3) is 4.39. The van der Waals surface area contributed by atoms with Crippen LogP contribution in [0, 0.1) is 6.92 Å². The van der Waals surface area contributed by atoms with Crippen LogP contribution in [0.1, 0.15) is 42.6 Å². The van der Waals surface area contributed by atoms with E-state index in [1.165, 1.54) is 0 Å². The number of hydrogen-bond donors (Lipinski definition) is 0. The Balaban J connectivity index is 1.86. The van der Waals surface area contributed by atoms with Gasteiger partial charge in [-0.15, -0.1) is 0 Å². The first kappa shape index (κ1) is 15.7. The molecule has 4 nitrogen and oxygen atoms in total. The van der Waals surface area contributed by atoms with Crippen LogP contribution in [0.4, 0.5) is 0 Å². The van der Waals surface area contributed by atoms with Gasteiger partial charge in [0.1, 0.15) is 0 Å². The standard InChI is InChI=1S/C17H23NO3/c1-12-4-6-15(7-5-12)16(19)8-9-17(20)18-10-13(2)21-14(3)11-18/h4-7,13-14H,8-11H2,1-3H3/t13-,14-/m1/s1. The summed E-state index contributed by atoms with van der Waals surface area (Å²) in [7, 11) is 0. The normalized spacial score (nSPS) is 22.1. The fraction of sp³-hybridized carbons (Fsp3) is 0.529. The minimum Gasteiger partial charge on any atom is -0.372 e. The molecule has 114 valence electrons. The molecule has 1 aliphatic heterocycles. The second-order valence-electron chi connectivity index (χ2n) is 5.85. The van der Waals surface area contributed by atoms with E-state index in [1.807, 2.05) is 45.0 Å². The predicted octanol–water partition coefficient (Wildman–Crippen LogP) is 2.59. The van der Waals surface area contributed by atoms with E-state index in [2.05, 4.69) is 0 Å². The molecule has 1 fully saturated rings. The van der Waals surface area contributed by atoms with Gasteiger partial charge in [0.05, 0.1) is 12.2 Å². The Morgan fingerprint density at radius 1 is 1.10 bits per heavy atom. The van der Waals surface area contributed by atoms with Crippen molar-refractivity contribution < 1.29 is 14.3 Å². The summed E-state index contributed by atoms with van der Waals surface area (Å²) >= 11 is 0. The van der Waals surface area contributed by atoms with Crippen molar-refractivity contribution in [2.75, 3.05) is 13.1 Å². The van der Waals surface area contributed by atoms with Gasteiger partial charge in [0.25, 0.3) is 0 Å². The maximum Gasteiger partial charge on any atom is 0.223 e. The topological polar surface area (TPSA) is 46.6 Å². The largest absolute Gasteiger partial charge is 0.372 e. The predicted molar refractivity (Wildman–Crippen MR) is 81.3 cm³/mol. The van der Waals surface area contributed by atoms with Gasteiger partial charge in [-0.2, -0.15) is 0 Å². The number of amides is 1. The summed E-state index contributed by atoms with van der Waals surface area (Å²) < 4.78 is 5.61. The number of hydrogen-bond acceptors (Lipinski definition) is 3. The average Bonchev–Trinajstić information content (AvgIpc) is 2.44. The molecular formula is C17H23NO3. The summed E-state index contributed by atoms with van der Waals surface area (Å²) in [6, 6.07) is 7.48. The summed E-state index contributed by atoms with van der Waals surface area (Å²) in [6.07, 6.45) is 0.657. The molecule has 0 bridgehead atoms. The van der Waals surface area contributed by atoms with E-state index in [1.54, 1.807) is 4.90 Å². The van der Waals surface area contributed by atoms with Crippen molar-refractivity contribution in [2.45, 2.75) is 45.8 Å². The minimum atomic E-state index is 0.0257. The molecule has 21 heavy (non-hydrogen) atoms. The molecule has 0 unspecified atom stereocenters. The van der Waals surface area contributed by atoms with Crippen molar-refractivity contribution in [3.05, 3.63) is 35.4 Å². The van der Waals surface area contributed by atoms with Crippen molar-refractivity contribution in [1.82, 2.24) is 4.90 Å². The smallest absolute Gasteiger partial charge is 0.223 e. The molecule has 1 heterocycles. The van der Waals surface area contributed by atoms with Crippen molar-refractivity contribution in [1.29, 1.82) is 0 Å². The van der Waals surface area contributed by atoms with Crippen LogP contribution >= 0.6 is 0 Å². The van der Waals surface area contributed by atoms with Crippen LogP contribution < -0.4 is 0 Å². The van der Waals surface area contributed by atoms with Crippen LogP contribution in [-0.2, 0) is 9.53 Å². The Morgan fingerprint density at radius 3 is 2.24 bits per heavy atom. The summed E-state index contributed by atoms with van der Waals surface area (Å²) in [5, 5.41) is 0. The molecule has 1 aliphatic rings. The fourth-order valence-corrected chi connectivity index (χ4v) is 2.64. The number of aryl methyl sites for hydroxylation is 1. The third-order valence-corrected chi connectivity index (χ3v) is 3.71. The van der Waals surface area contributed by atoms with E-state index < -0.39 is 0 Å². The Bertz CT molecular complexity index is 499. The highest BCUT2D eigenvalue weighted by Gasteiger charge is 2.25. The lowest BCUT2D eigenvalue weighted by Gasteiger charge is -2.35. The maximum atomic E-state index is 12.2. The summed E-state index contributed by atoms with van der Waals surface area (Å²) in [5.41, 5.74) is 1.80. The van der Waals surface area contributed by atoms with Gasteiger partial charge in [0.15, 0.2) is 5.78 Å². The lowest BCUT2D eigenvalue weighted by molar-refractivity contribution is -0.143. The summed E-state index contributed by atoms with van der Waals surface area (Å²) in [5.74, 6) is 0.0650. The zero-order valence-corrected chi connectivity index (χ0v) is 13.0. The van der Waals surface area contributed by atoms with Gasteiger partial charge in [-0.3, -0.25) is 9.59 Å². The number of carbonyl (C=O) groups excluding carboxylic acids is 2. The molecule has 1 aromatic carbocycles. The number of morpholine rings is 1. The number of nitrogens with zero attached hydrogens (tertiary/aromatic N) is 1. The highest BCUT2D eigenvalue weighted by Crippen LogP contribution is 2.14. The second kappa shape index (κ2) is 6.85. The third-order valence-electron chi connectivity index (χ3n) is 3.71. The Hall–Kier alpha value is -1.68. The van der Waals surface area contributed by atoms with Gasteiger partial charge in [-0.1, -0.05) is 29.8 Å². The van der Waals surface area contributed by atoms with Gasteiger partial charge >= 0.3 is 0 Å². The Kier molecular flexibility index (Phi) is 5.12. The molecule has 0 spiro atoms. The van der Waals surface area contributed by atoms with Crippen LogP contribution in [0.2, 0.25) is 0 Å². The van der Waals surface area contributed by atoms with Crippen LogP contribution in [0.25, 0.3) is 0 Å². The Labute approximate surface area is 126 Å². The molecule has 1 saturated heterocycles. The Morgan fingerprint density at radius 2 is 1.67 bits per heavy atom. The van der Waals surface area contributed by atoms with Crippen LogP contribution in [0.15, 0.2) is 24.3 Å². The molecule has 1 aromatic rings. The van der Waals surface area contributed by atoms with Crippen molar-refractivity contribution in [2.24, 2.45) is 0 Å². The number of rotatable bonds is 4. The van der Waals surface area contributed by atoms with Gasteiger partial charge in [-0.05, 0) is 20.8 Å². The molecule has 1 amide bonds.